The first-order chi connectivity index (χ1) is 16.8. The number of halogens is 3. The Balaban J connectivity index is 1.29. The molecular formula is C21H19F3N8O3. The molecule has 1 saturated carbocycles. The van der Waals surface area contributed by atoms with Crippen molar-refractivity contribution in [3.8, 4) is 23.4 Å². The fourth-order valence-electron chi connectivity index (χ4n) is 4.21. The molecule has 1 aliphatic heterocycles. The molecule has 0 spiro atoms. The van der Waals surface area contributed by atoms with Crippen LogP contribution in [0.25, 0.3) is 11.5 Å². The zero-order valence-electron chi connectivity index (χ0n) is 18.1. The molecule has 2 atom stereocenters. The van der Waals surface area contributed by atoms with Crippen molar-refractivity contribution in [2.24, 2.45) is 0 Å². The van der Waals surface area contributed by atoms with Gasteiger partial charge < -0.3 is 19.5 Å². The molecule has 0 unspecified atom stereocenters. The van der Waals surface area contributed by atoms with Crippen LogP contribution in [0.2, 0.25) is 0 Å². The number of likely N-dealkylation sites (tertiary alicyclic amines) is 1. The van der Waals surface area contributed by atoms with Crippen LogP contribution in [-0.4, -0.2) is 60.9 Å². The normalized spacial score (nSPS) is 20.0. The van der Waals surface area contributed by atoms with Gasteiger partial charge in [-0.15, -0.1) is 18.3 Å². The van der Waals surface area contributed by atoms with Crippen LogP contribution in [0.3, 0.4) is 0 Å². The second-order valence-electron chi connectivity index (χ2n) is 8.43. The lowest BCUT2D eigenvalue weighted by Crippen LogP contribution is -2.36. The van der Waals surface area contributed by atoms with Crippen molar-refractivity contribution in [1.82, 2.24) is 35.4 Å². The van der Waals surface area contributed by atoms with E-state index < -0.39 is 18.0 Å². The van der Waals surface area contributed by atoms with E-state index in [0.29, 0.717) is 25.1 Å². The number of aromatic nitrogens is 5. The maximum atomic E-state index is 12.8. The Kier molecular flexibility index (Phi) is 5.75. The van der Waals surface area contributed by atoms with Crippen LogP contribution < -0.4 is 10.1 Å². The summed E-state index contributed by atoms with van der Waals surface area (Å²) in [6.07, 6.45) is 2.77. The van der Waals surface area contributed by atoms with E-state index in [0.717, 1.165) is 18.4 Å². The molecule has 1 saturated heterocycles. The first-order valence-electron chi connectivity index (χ1n) is 10.8. The van der Waals surface area contributed by atoms with Crippen molar-refractivity contribution in [2.75, 3.05) is 6.54 Å². The van der Waals surface area contributed by atoms with Crippen molar-refractivity contribution in [3.05, 3.63) is 42.0 Å². The molecule has 1 amide bonds. The van der Waals surface area contributed by atoms with Gasteiger partial charge in [-0.25, -0.2) is 0 Å². The van der Waals surface area contributed by atoms with Gasteiger partial charge in [-0.3, -0.25) is 9.48 Å². The van der Waals surface area contributed by atoms with E-state index >= 15 is 0 Å². The van der Waals surface area contributed by atoms with Crippen LogP contribution >= 0.6 is 0 Å². The average molecular weight is 488 g/mol. The van der Waals surface area contributed by atoms with Crippen LogP contribution in [0.5, 0.6) is 5.75 Å². The largest absolute Gasteiger partial charge is 0.573 e. The van der Waals surface area contributed by atoms with Crippen molar-refractivity contribution < 1.29 is 27.2 Å². The van der Waals surface area contributed by atoms with Gasteiger partial charge in [-0.05, 0) is 42.9 Å². The number of nitrogens with zero attached hydrogens (tertiary/aromatic N) is 7. The van der Waals surface area contributed by atoms with Gasteiger partial charge in [-0.2, -0.15) is 10.2 Å². The van der Waals surface area contributed by atoms with Crippen LogP contribution in [-0.2, 0) is 6.54 Å². The third kappa shape index (κ3) is 5.18. The second kappa shape index (κ2) is 8.90. The summed E-state index contributed by atoms with van der Waals surface area (Å²) in [6, 6.07) is 3.45. The van der Waals surface area contributed by atoms with E-state index in [9.17, 15) is 23.2 Å². The van der Waals surface area contributed by atoms with E-state index in [2.05, 4.69) is 36.7 Å². The Morgan fingerprint density at radius 1 is 1.34 bits per heavy atom. The summed E-state index contributed by atoms with van der Waals surface area (Å²) in [5.41, 5.74) is 1.05. The Labute approximate surface area is 196 Å². The van der Waals surface area contributed by atoms with Crippen LogP contribution in [0, 0.1) is 11.5 Å². The molecule has 35 heavy (non-hydrogen) atoms. The zero-order valence-corrected chi connectivity index (χ0v) is 18.1. The number of nitrogens with one attached hydrogen (secondary N) is 1. The van der Waals surface area contributed by atoms with Gasteiger partial charge in [0.15, 0.2) is 6.19 Å². The van der Waals surface area contributed by atoms with Crippen LogP contribution in [0.1, 0.15) is 41.4 Å². The summed E-state index contributed by atoms with van der Waals surface area (Å²) in [5, 5.41) is 23.6. The van der Waals surface area contributed by atoms with Crippen molar-refractivity contribution in [2.45, 2.75) is 50.2 Å². The van der Waals surface area contributed by atoms with E-state index in [1.165, 1.54) is 12.1 Å². The highest BCUT2D eigenvalue weighted by Crippen LogP contribution is 2.45. The van der Waals surface area contributed by atoms with Crippen molar-refractivity contribution in [3.63, 3.8) is 0 Å². The smallest absolute Gasteiger partial charge is 0.406 e. The van der Waals surface area contributed by atoms with Crippen LogP contribution in [0.15, 0.2) is 35.1 Å². The number of carbonyl (C=O) groups is 1. The Morgan fingerprint density at radius 3 is 2.86 bits per heavy atom. The number of hydrogen-bond donors (Lipinski definition) is 1. The number of ether oxygens (including phenoxy) is 1. The maximum absolute atomic E-state index is 12.8. The summed E-state index contributed by atoms with van der Waals surface area (Å²) < 4.78 is 48.9. The lowest BCUT2D eigenvalue weighted by atomic mass is 10.0. The molecule has 182 valence electrons. The first kappa shape index (κ1) is 22.6. The molecule has 1 aliphatic carbocycles. The summed E-state index contributed by atoms with van der Waals surface area (Å²) in [4.78, 5) is 18.4. The number of rotatable bonds is 7. The SMILES string of the molecule is N#CN1C[C@H](NC(=O)c2noc(-c3cc(OC(F)(F)F)ccc3C3CC3)n2)C[C@H]1Cn1ccnn1. The van der Waals surface area contributed by atoms with Gasteiger partial charge in [0.05, 0.1) is 18.8 Å². The number of hydrogen-bond acceptors (Lipinski definition) is 9. The number of alkyl halides is 3. The van der Waals surface area contributed by atoms with E-state index in [4.69, 9.17) is 4.52 Å². The zero-order chi connectivity index (χ0) is 24.6. The molecule has 5 rings (SSSR count). The second-order valence-corrected chi connectivity index (χ2v) is 8.43. The highest BCUT2D eigenvalue weighted by atomic mass is 19.4. The predicted octanol–water partition coefficient (Wildman–Crippen LogP) is 2.46. The fraction of sp³-hybridized carbons (Fsp3) is 0.429. The summed E-state index contributed by atoms with van der Waals surface area (Å²) in [7, 11) is 0. The lowest BCUT2D eigenvalue weighted by Gasteiger charge is -2.16. The van der Waals surface area contributed by atoms with Crippen LogP contribution in [0.4, 0.5) is 13.2 Å². The van der Waals surface area contributed by atoms with Crippen molar-refractivity contribution >= 4 is 5.91 Å². The number of benzene rings is 1. The fourth-order valence-corrected chi connectivity index (χ4v) is 4.21. The number of amides is 1. The van der Waals surface area contributed by atoms with E-state index in [1.807, 2.05) is 0 Å². The monoisotopic (exact) mass is 488 g/mol. The van der Waals surface area contributed by atoms with Gasteiger partial charge in [0.2, 0.25) is 0 Å². The van der Waals surface area contributed by atoms with Gasteiger partial charge in [0.25, 0.3) is 17.6 Å². The molecule has 0 bridgehead atoms. The summed E-state index contributed by atoms with van der Waals surface area (Å²) in [5.74, 6) is -1.18. The summed E-state index contributed by atoms with van der Waals surface area (Å²) >= 11 is 0. The molecular weight excluding hydrogens is 469 g/mol. The first-order valence-corrected chi connectivity index (χ1v) is 10.8. The Morgan fingerprint density at radius 2 is 2.17 bits per heavy atom. The highest BCUT2D eigenvalue weighted by Gasteiger charge is 2.35. The minimum Gasteiger partial charge on any atom is -0.406 e. The average Bonchev–Trinajstić information content (AvgIpc) is 3.18. The third-order valence-corrected chi connectivity index (χ3v) is 5.88. The molecule has 1 aromatic carbocycles. The minimum absolute atomic E-state index is 0.0705. The molecule has 2 aliphatic rings. The van der Waals surface area contributed by atoms with E-state index in [1.54, 1.807) is 28.0 Å². The predicted molar refractivity (Wildman–Crippen MR) is 110 cm³/mol. The third-order valence-electron chi connectivity index (χ3n) is 5.88. The number of nitriles is 1. The standard InChI is InChI=1S/C21H19F3N8O3/c22-21(23,24)34-15-3-4-16(12-1-2-12)17(8-15)20-28-18(29-35-20)19(33)27-13-7-14(31(9-13)11-25)10-32-6-5-26-30-32/h3-6,8,12-14H,1-2,7,9-10H2,(H,27,33)/t13-,14+/m1/s1. The van der Waals surface area contributed by atoms with E-state index in [-0.39, 0.29) is 29.7 Å². The lowest BCUT2D eigenvalue weighted by molar-refractivity contribution is -0.274. The molecule has 0 radical (unpaired) electrons. The molecule has 14 heteroatoms. The van der Waals surface area contributed by atoms with Gasteiger partial charge >= 0.3 is 6.36 Å². The number of carbonyl (C=O) groups excluding carboxylic acids is 1. The molecule has 2 fully saturated rings. The highest BCUT2D eigenvalue weighted by molar-refractivity contribution is 5.91. The molecule has 1 N–H and O–H groups in total. The molecule has 3 heterocycles. The van der Waals surface area contributed by atoms with Gasteiger partial charge in [0, 0.05) is 24.3 Å². The molecule has 2 aromatic heterocycles. The maximum Gasteiger partial charge on any atom is 0.573 e. The van der Waals surface area contributed by atoms with Gasteiger partial charge in [-0.1, -0.05) is 16.4 Å². The topological polar surface area (TPSA) is 135 Å². The molecule has 11 nitrogen and oxygen atoms in total. The van der Waals surface area contributed by atoms with Gasteiger partial charge in [0.1, 0.15) is 5.75 Å². The Hall–Kier alpha value is -4.15. The molecule has 3 aromatic rings. The minimum atomic E-state index is -4.84. The van der Waals surface area contributed by atoms with Crippen molar-refractivity contribution in [1.29, 1.82) is 5.26 Å². The Bertz CT molecular complexity index is 1250. The quantitative estimate of drug-likeness (QED) is 0.498. The summed E-state index contributed by atoms with van der Waals surface area (Å²) in [6.45, 7) is 0.738.